The van der Waals surface area contributed by atoms with Gasteiger partial charge in [0.15, 0.2) is 10.9 Å². The molecule has 7 nitrogen and oxygen atoms in total. The summed E-state index contributed by atoms with van der Waals surface area (Å²) in [6.07, 6.45) is 0.874. The number of rotatable bonds is 10. The molecule has 0 radical (unpaired) electrons. The Balaban J connectivity index is 1.73. The second-order valence-corrected chi connectivity index (χ2v) is 10.9. The summed E-state index contributed by atoms with van der Waals surface area (Å²) < 4.78 is 6.77. The molecule has 8 heteroatoms. The van der Waals surface area contributed by atoms with E-state index < -0.39 is 0 Å². The van der Waals surface area contributed by atoms with Crippen LogP contribution in [0.5, 0.6) is 5.75 Å². The second kappa shape index (κ2) is 12.3. The van der Waals surface area contributed by atoms with Crippen LogP contribution in [-0.4, -0.2) is 40.6 Å². The van der Waals surface area contributed by atoms with E-state index >= 15 is 0 Å². The van der Waals surface area contributed by atoms with Crippen LogP contribution < -0.4 is 15.6 Å². The van der Waals surface area contributed by atoms with E-state index in [0.717, 1.165) is 17.5 Å². The average Bonchev–Trinajstić information content (AvgIpc) is 2.91. The van der Waals surface area contributed by atoms with Crippen molar-refractivity contribution in [2.24, 2.45) is 5.92 Å². The fourth-order valence-corrected chi connectivity index (χ4v) is 5.17. The fourth-order valence-electron chi connectivity index (χ4n) is 4.27. The molecule has 4 aromatic rings. The van der Waals surface area contributed by atoms with Crippen LogP contribution in [0.2, 0.25) is 0 Å². The number of carbonyl (C=O) groups is 2. The van der Waals surface area contributed by atoms with Gasteiger partial charge in [0.1, 0.15) is 5.75 Å². The lowest BCUT2D eigenvalue weighted by Crippen LogP contribution is -2.26. The predicted molar refractivity (Wildman–Crippen MR) is 157 cm³/mol. The Bertz CT molecular complexity index is 1580. The highest BCUT2D eigenvalue weighted by Crippen LogP contribution is 2.25. The minimum atomic E-state index is -0.279. The van der Waals surface area contributed by atoms with Gasteiger partial charge in [0.25, 0.3) is 11.5 Å². The van der Waals surface area contributed by atoms with Gasteiger partial charge >= 0.3 is 0 Å². The molecule has 1 heterocycles. The molecule has 4 rings (SSSR count). The lowest BCUT2D eigenvalue weighted by molar-refractivity contribution is 0.0951. The summed E-state index contributed by atoms with van der Waals surface area (Å²) >= 11 is 1.20. The smallest absolute Gasteiger partial charge is 0.266 e. The quantitative estimate of drug-likeness (QED) is 0.155. The molecule has 1 aromatic heterocycles. The molecule has 0 spiro atoms. The number of aryl methyl sites for hydroxylation is 2. The first-order valence-corrected chi connectivity index (χ1v) is 13.9. The number of ether oxygens (including phenoxy) is 1. The number of hydrogen-bond donors (Lipinski definition) is 1. The summed E-state index contributed by atoms with van der Waals surface area (Å²) in [5.74, 6) is 0.983. The number of fused-ring (bicyclic) bond motifs is 1. The number of carbonyl (C=O) groups excluding carboxylic acids is 2. The highest BCUT2D eigenvalue weighted by molar-refractivity contribution is 7.99. The molecule has 0 aliphatic rings. The third-order valence-electron chi connectivity index (χ3n) is 6.45. The van der Waals surface area contributed by atoms with E-state index in [1.807, 2.05) is 32.0 Å². The summed E-state index contributed by atoms with van der Waals surface area (Å²) in [6, 6.07) is 17.7. The van der Waals surface area contributed by atoms with E-state index in [4.69, 9.17) is 9.72 Å². The van der Waals surface area contributed by atoms with E-state index in [1.165, 1.54) is 16.3 Å². The van der Waals surface area contributed by atoms with Crippen molar-refractivity contribution in [2.75, 3.05) is 19.4 Å². The maximum atomic E-state index is 13.7. The summed E-state index contributed by atoms with van der Waals surface area (Å²) in [5.41, 5.74) is 3.81. The molecule has 0 saturated carbocycles. The molecule has 3 aromatic carbocycles. The van der Waals surface area contributed by atoms with Crippen molar-refractivity contribution in [3.63, 3.8) is 0 Å². The van der Waals surface area contributed by atoms with Crippen LogP contribution in [0.3, 0.4) is 0 Å². The van der Waals surface area contributed by atoms with Crippen LogP contribution in [0, 0.1) is 19.8 Å². The summed E-state index contributed by atoms with van der Waals surface area (Å²) in [6.45, 7) is 8.68. The molecule has 1 amide bonds. The van der Waals surface area contributed by atoms with Crippen molar-refractivity contribution in [2.45, 2.75) is 39.3 Å². The summed E-state index contributed by atoms with van der Waals surface area (Å²) in [5, 5.41) is 3.68. The lowest BCUT2D eigenvalue weighted by Gasteiger charge is -2.14. The zero-order valence-electron chi connectivity index (χ0n) is 22.9. The van der Waals surface area contributed by atoms with Crippen LogP contribution in [0.15, 0.2) is 70.6 Å². The van der Waals surface area contributed by atoms with Crippen molar-refractivity contribution in [3.05, 3.63) is 93.3 Å². The topological polar surface area (TPSA) is 90.3 Å². The first kappa shape index (κ1) is 28.1. The summed E-state index contributed by atoms with van der Waals surface area (Å²) in [4.78, 5) is 44.4. The molecular formula is C31H33N3O4S. The minimum Gasteiger partial charge on any atom is -0.497 e. The third-order valence-corrected chi connectivity index (χ3v) is 7.39. The van der Waals surface area contributed by atoms with Gasteiger partial charge in [-0.25, -0.2) is 4.98 Å². The zero-order valence-corrected chi connectivity index (χ0v) is 23.7. The number of hydrogen-bond acceptors (Lipinski definition) is 6. The van der Waals surface area contributed by atoms with Gasteiger partial charge in [-0.1, -0.05) is 49.4 Å². The molecule has 0 unspecified atom stereocenters. The summed E-state index contributed by atoms with van der Waals surface area (Å²) in [7, 11) is 1.58. The molecular weight excluding hydrogens is 510 g/mol. The van der Waals surface area contributed by atoms with Gasteiger partial charge in [0.05, 0.1) is 29.5 Å². The largest absolute Gasteiger partial charge is 0.497 e. The molecule has 0 atom stereocenters. The third kappa shape index (κ3) is 6.57. The Morgan fingerprint density at radius 2 is 1.77 bits per heavy atom. The molecule has 0 bridgehead atoms. The van der Waals surface area contributed by atoms with Crippen LogP contribution in [0.25, 0.3) is 16.6 Å². The van der Waals surface area contributed by atoms with Gasteiger partial charge in [0.2, 0.25) is 0 Å². The van der Waals surface area contributed by atoms with Gasteiger partial charge in [-0.15, -0.1) is 0 Å². The number of benzene rings is 3. The minimum absolute atomic E-state index is 0.0496. The Hall–Kier alpha value is -3.91. The van der Waals surface area contributed by atoms with Crippen molar-refractivity contribution >= 4 is 34.4 Å². The van der Waals surface area contributed by atoms with E-state index in [0.29, 0.717) is 51.1 Å². The maximum absolute atomic E-state index is 13.7. The van der Waals surface area contributed by atoms with Crippen LogP contribution in [0.4, 0.5) is 0 Å². The van der Waals surface area contributed by atoms with E-state index in [9.17, 15) is 14.4 Å². The molecule has 0 aliphatic carbocycles. The second-order valence-electron chi connectivity index (χ2n) is 9.93. The normalized spacial score (nSPS) is 11.1. The fraction of sp³-hybridized carbons (Fsp3) is 0.290. The van der Waals surface area contributed by atoms with Crippen LogP contribution >= 0.6 is 11.8 Å². The number of nitrogens with one attached hydrogen (secondary N) is 1. The monoisotopic (exact) mass is 543 g/mol. The SMILES string of the molecule is COc1ccc(-n2c(SCC(=O)c3ccc(C)cc3C)nc3cc(C(=O)NCCC(C)C)ccc3c2=O)cc1. The van der Waals surface area contributed by atoms with Gasteiger partial charge in [-0.05, 0) is 74.2 Å². The number of Topliss-reactive ketones (excluding diaryl/α,β-unsaturated/α-hetero) is 1. The van der Waals surface area contributed by atoms with Gasteiger partial charge in [-0.3, -0.25) is 19.0 Å². The number of methoxy groups -OCH3 is 1. The van der Waals surface area contributed by atoms with Crippen molar-refractivity contribution in [1.82, 2.24) is 14.9 Å². The van der Waals surface area contributed by atoms with Gasteiger partial charge in [0, 0.05) is 17.7 Å². The Morgan fingerprint density at radius 3 is 2.44 bits per heavy atom. The number of nitrogens with zero attached hydrogens (tertiary/aromatic N) is 2. The average molecular weight is 544 g/mol. The molecule has 0 aliphatic heterocycles. The first-order valence-electron chi connectivity index (χ1n) is 12.9. The number of amides is 1. The number of aromatic nitrogens is 2. The Labute approximate surface area is 232 Å². The maximum Gasteiger partial charge on any atom is 0.266 e. The molecule has 0 fully saturated rings. The Morgan fingerprint density at radius 1 is 1.03 bits per heavy atom. The molecule has 1 N–H and O–H groups in total. The van der Waals surface area contributed by atoms with Crippen LogP contribution in [-0.2, 0) is 0 Å². The first-order chi connectivity index (χ1) is 18.7. The Kier molecular flexibility index (Phi) is 8.86. The molecule has 0 saturated heterocycles. The van der Waals surface area contributed by atoms with Crippen molar-refractivity contribution in [1.29, 1.82) is 0 Å². The zero-order chi connectivity index (χ0) is 28.1. The predicted octanol–water partition coefficient (Wildman–Crippen LogP) is 5.76. The van der Waals surface area contributed by atoms with Crippen molar-refractivity contribution in [3.8, 4) is 11.4 Å². The lowest BCUT2D eigenvalue weighted by atomic mass is 10.0. The van der Waals surface area contributed by atoms with Gasteiger partial charge < -0.3 is 10.1 Å². The van der Waals surface area contributed by atoms with E-state index in [1.54, 1.807) is 49.6 Å². The van der Waals surface area contributed by atoms with E-state index in [-0.39, 0.29) is 23.0 Å². The highest BCUT2D eigenvalue weighted by Gasteiger charge is 2.18. The molecule has 202 valence electrons. The molecule has 39 heavy (non-hydrogen) atoms. The van der Waals surface area contributed by atoms with Gasteiger partial charge in [-0.2, -0.15) is 0 Å². The number of thioether (sulfide) groups is 1. The standard InChI is InChI=1S/C31H33N3O4S/c1-19(2)14-15-32-29(36)22-7-13-26-27(17-22)33-31(34(30(26)37)23-8-10-24(38-5)11-9-23)39-18-28(35)25-12-6-20(3)16-21(25)4/h6-13,16-17,19H,14-15,18H2,1-5H3,(H,32,36). The van der Waals surface area contributed by atoms with E-state index in [2.05, 4.69) is 19.2 Å². The van der Waals surface area contributed by atoms with Crippen molar-refractivity contribution < 1.29 is 14.3 Å². The number of ketones is 1. The van der Waals surface area contributed by atoms with Crippen LogP contribution in [0.1, 0.15) is 52.1 Å². The highest BCUT2D eigenvalue weighted by atomic mass is 32.2.